The highest BCUT2D eigenvalue weighted by atomic mass is 35.5. The van der Waals surface area contributed by atoms with E-state index in [0.29, 0.717) is 11.3 Å². The van der Waals surface area contributed by atoms with Gasteiger partial charge in [0.1, 0.15) is 0 Å². The van der Waals surface area contributed by atoms with Crippen molar-refractivity contribution in [3.63, 3.8) is 0 Å². The first-order valence-corrected chi connectivity index (χ1v) is 6.81. The number of benzene rings is 2. The predicted octanol–water partition coefficient (Wildman–Crippen LogP) is 3.76. The summed E-state index contributed by atoms with van der Waals surface area (Å²) in [6, 6.07) is 6.88. The molecule has 0 fully saturated rings. The van der Waals surface area contributed by atoms with Crippen LogP contribution < -0.4 is 5.32 Å². The first-order chi connectivity index (χ1) is 10.4. The molecule has 5 nitrogen and oxygen atoms in total. The van der Waals surface area contributed by atoms with Gasteiger partial charge in [0.25, 0.3) is 0 Å². The molecule has 0 saturated carbocycles. The second-order valence-electron chi connectivity index (χ2n) is 4.36. The quantitative estimate of drug-likeness (QED) is 0.389. The maximum absolute atomic E-state index is 11.8. The van der Waals surface area contributed by atoms with Crippen molar-refractivity contribution in [1.82, 2.24) is 0 Å². The standard InChI is InChI=1S/C15H11Cl2NO4/c16-10-6-9(7-11(17)15(10)22)18-14(21)4-2-8-1-3-12(19)13(20)5-8/h1-7,19-20,22H,(H,18,21)/b4-2+. The fourth-order valence-corrected chi connectivity index (χ4v) is 2.12. The summed E-state index contributed by atoms with van der Waals surface area (Å²) >= 11 is 11.5. The highest BCUT2D eigenvalue weighted by molar-refractivity contribution is 6.37. The van der Waals surface area contributed by atoms with Crippen LogP contribution in [-0.2, 0) is 4.79 Å². The van der Waals surface area contributed by atoms with Gasteiger partial charge in [0.05, 0.1) is 10.0 Å². The van der Waals surface area contributed by atoms with Gasteiger partial charge in [-0.3, -0.25) is 4.79 Å². The highest BCUT2D eigenvalue weighted by Crippen LogP contribution is 2.34. The molecule has 114 valence electrons. The van der Waals surface area contributed by atoms with E-state index in [1.807, 2.05) is 0 Å². The van der Waals surface area contributed by atoms with Crippen molar-refractivity contribution in [2.24, 2.45) is 0 Å². The molecule has 1 amide bonds. The average Bonchev–Trinajstić information content (AvgIpc) is 2.46. The molecular formula is C15H11Cl2NO4. The number of nitrogens with one attached hydrogen (secondary N) is 1. The Morgan fingerprint density at radius 2 is 1.64 bits per heavy atom. The van der Waals surface area contributed by atoms with Crippen LogP contribution in [0.25, 0.3) is 6.08 Å². The van der Waals surface area contributed by atoms with Crippen LogP contribution in [0, 0.1) is 0 Å². The number of hydrogen-bond donors (Lipinski definition) is 4. The molecule has 0 atom stereocenters. The van der Waals surface area contributed by atoms with Crippen molar-refractivity contribution in [3.8, 4) is 17.2 Å². The lowest BCUT2D eigenvalue weighted by atomic mass is 10.2. The van der Waals surface area contributed by atoms with Gasteiger partial charge in [-0.05, 0) is 35.9 Å². The number of rotatable bonds is 3. The van der Waals surface area contributed by atoms with E-state index in [1.54, 1.807) is 0 Å². The Morgan fingerprint density at radius 1 is 1.00 bits per heavy atom. The third-order valence-corrected chi connectivity index (χ3v) is 3.29. The second-order valence-corrected chi connectivity index (χ2v) is 5.17. The van der Waals surface area contributed by atoms with Crippen molar-refractivity contribution >= 4 is 40.9 Å². The molecule has 0 aliphatic carbocycles. The summed E-state index contributed by atoms with van der Waals surface area (Å²) in [5.74, 6) is -1.23. The molecule has 22 heavy (non-hydrogen) atoms. The molecule has 0 radical (unpaired) electrons. The van der Waals surface area contributed by atoms with Gasteiger partial charge < -0.3 is 20.6 Å². The summed E-state index contributed by atoms with van der Waals surface area (Å²) in [6.07, 6.45) is 2.69. The summed E-state index contributed by atoms with van der Waals surface area (Å²) in [5.41, 5.74) is 0.864. The molecule has 0 aliphatic heterocycles. The smallest absolute Gasteiger partial charge is 0.248 e. The molecule has 2 aromatic rings. The van der Waals surface area contributed by atoms with E-state index in [-0.39, 0.29) is 27.3 Å². The van der Waals surface area contributed by atoms with Crippen molar-refractivity contribution in [2.75, 3.05) is 5.32 Å². The summed E-state index contributed by atoms with van der Waals surface area (Å²) in [5, 5.41) is 30.5. The van der Waals surface area contributed by atoms with E-state index in [1.165, 1.54) is 42.5 Å². The Hall–Kier alpha value is -2.37. The number of halogens is 2. The van der Waals surface area contributed by atoms with Crippen LogP contribution in [0.1, 0.15) is 5.56 Å². The SMILES string of the molecule is O=C(/C=C/c1ccc(O)c(O)c1)Nc1cc(Cl)c(O)c(Cl)c1. The molecule has 4 N–H and O–H groups in total. The summed E-state index contributed by atoms with van der Waals surface area (Å²) in [7, 11) is 0. The van der Waals surface area contributed by atoms with Crippen LogP contribution in [0.5, 0.6) is 17.2 Å². The minimum atomic E-state index is -0.453. The van der Waals surface area contributed by atoms with Crippen molar-refractivity contribution in [2.45, 2.75) is 0 Å². The number of carbonyl (C=O) groups excluding carboxylic acids is 1. The number of phenolic OH excluding ortho intramolecular Hbond substituents is 3. The molecule has 0 spiro atoms. The molecule has 0 saturated heterocycles. The Bertz CT molecular complexity index is 736. The Labute approximate surface area is 136 Å². The van der Waals surface area contributed by atoms with Gasteiger partial charge in [-0.1, -0.05) is 29.3 Å². The molecular weight excluding hydrogens is 329 g/mol. The fourth-order valence-electron chi connectivity index (χ4n) is 1.64. The van der Waals surface area contributed by atoms with Crippen LogP contribution in [0.4, 0.5) is 5.69 Å². The van der Waals surface area contributed by atoms with E-state index in [0.717, 1.165) is 0 Å². The van der Waals surface area contributed by atoms with Gasteiger partial charge in [0.15, 0.2) is 17.2 Å². The average molecular weight is 340 g/mol. The summed E-state index contributed by atoms with van der Waals surface area (Å²) in [6.45, 7) is 0. The predicted molar refractivity (Wildman–Crippen MR) is 85.6 cm³/mol. The number of amides is 1. The Kier molecular flexibility index (Phi) is 4.80. The molecule has 0 heterocycles. The van der Waals surface area contributed by atoms with Gasteiger partial charge in [0.2, 0.25) is 5.91 Å². The lowest BCUT2D eigenvalue weighted by Crippen LogP contribution is -2.07. The van der Waals surface area contributed by atoms with Crippen LogP contribution in [0.3, 0.4) is 0 Å². The topological polar surface area (TPSA) is 89.8 Å². The van der Waals surface area contributed by atoms with E-state index in [9.17, 15) is 20.1 Å². The largest absolute Gasteiger partial charge is 0.505 e. The second kappa shape index (κ2) is 6.60. The van der Waals surface area contributed by atoms with E-state index in [2.05, 4.69) is 5.32 Å². The Morgan fingerprint density at radius 3 is 2.23 bits per heavy atom. The normalized spacial score (nSPS) is 10.8. The first-order valence-electron chi connectivity index (χ1n) is 6.06. The van der Waals surface area contributed by atoms with Gasteiger partial charge >= 0.3 is 0 Å². The van der Waals surface area contributed by atoms with Crippen LogP contribution in [0.15, 0.2) is 36.4 Å². The summed E-state index contributed by atoms with van der Waals surface area (Å²) in [4.78, 5) is 11.8. The third kappa shape index (κ3) is 3.84. The minimum absolute atomic E-state index is 0.0234. The van der Waals surface area contributed by atoms with Gasteiger partial charge in [-0.15, -0.1) is 0 Å². The minimum Gasteiger partial charge on any atom is -0.505 e. The molecule has 0 bridgehead atoms. The van der Waals surface area contributed by atoms with Crippen molar-refractivity contribution < 1.29 is 20.1 Å². The molecule has 2 rings (SSSR count). The number of carbonyl (C=O) groups is 1. The fraction of sp³-hybridized carbons (Fsp3) is 0. The van der Waals surface area contributed by atoms with Crippen molar-refractivity contribution in [3.05, 3.63) is 52.0 Å². The molecule has 0 unspecified atom stereocenters. The van der Waals surface area contributed by atoms with Gasteiger partial charge in [0, 0.05) is 11.8 Å². The molecule has 7 heteroatoms. The maximum atomic E-state index is 11.8. The van der Waals surface area contributed by atoms with Crippen LogP contribution >= 0.6 is 23.2 Å². The van der Waals surface area contributed by atoms with Crippen LogP contribution in [0.2, 0.25) is 10.0 Å². The number of phenols is 3. The third-order valence-electron chi connectivity index (χ3n) is 2.71. The zero-order chi connectivity index (χ0) is 16.3. The zero-order valence-corrected chi connectivity index (χ0v) is 12.6. The maximum Gasteiger partial charge on any atom is 0.248 e. The number of hydrogen-bond acceptors (Lipinski definition) is 4. The van der Waals surface area contributed by atoms with E-state index < -0.39 is 5.91 Å². The highest BCUT2D eigenvalue weighted by Gasteiger charge is 2.08. The zero-order valence-electron chi connectivity index (χ0n) is 11.0. The number of aromatic hydroxyl groups is 3. The lowest BCUT2D eigenvalue weighted by Gasteiger charge is -2.06. The first kappa shape index (κ1) is 16.0. The monoisotopic (exact) mass is 339 g/mol. The number of anilines is 1. The van der Waals surface area contributed by atoms with E-state index >= 15 is 0 Å². The van der Waals surface area contributed by atoms with Crippen LogP contribution in [-0.4, -0.2) is 21.2 Å². The van der Waals surface area contributed by atoms with Gasteiger partial charge in [-0.25, -0.2) is 0 Å². The van der Waals surface area contributed by atoms with Gasteiger partial charge in [-0.2, -0.15) is 0 Å². The van der Waals surface area contributed by atoms with Crippen molar-refractivity contribution in [1.29, 1.82) is 0 Å². The molecule has 0 aromatic heterocycles. The molecule has 2 aromatic carbocycles. The van der Waals surface area contributed by atoms with E-state index in [4.69, 9.17) is 23.2 Å². The lowest BCUT2D eigenvalue weighted by molar-refractivity contribution is -0.111. The molecule has 0 aliphatic rings. The Balaban J connectivity index is 2.09. The summed E-state index contributed by atoms with van der Waals surface area (Å²) < 4.78 is 0.